The van der Waals surface area contributed by atoms with Crippen molar-refractivity contribution in [3.05, 3.63) is 0 Å². The molecular formula is C11H16O2. The molecule has 4 unspecified atom stereocenters. The molecule has 72 valence electrons. The van der Waals surface area contributed by atoms with Crippen LogP contribution in [-0.4, -0.2) is 12.1 Å². The van der Waals surface area contributed by atoms with Crippen LogP contribution in [0.3, 0.4) is 0 Å². The minimum Gasteiger partial charge on any atom is -0.462 e. The van der Waals surface area contributed by atoms with E-state index in [2.05, 4.69) is 6.92 Å². The van der Waals surface area contributed by atoms with Crippen molar-refractivity contribution < 1.29 is 9.53 Å². The van der Waals surface area contributed by atoms with E-state index in [4.69, 9.17) is 4.74 Å². The molecule has 0 radical (unpaired) electrons. The topological polar surface area (TPSA) is 26.3 Å². The molecule has 2 aliphatic carbocycles. The van der Waals surface area contributed by atoms with Crippen molar-refractivity contribution in [2.24, 2.45) is 23.7 Å². The van der Waals surface area contributed by atoms with Crippen molar-refractivity contribution in [2.75, 3.05) is 0 Å². The van der Waals surface area contributed by atoms with Crippen molar-refractivity contribution in [1.29, 1.82) is 0 Å². The predicted molar refractivity (Wildman–Crippen MR) is 48.0 cm³/mol. The Morgan fingerprint density at radius 3 is 2.92 bits per heavy atom. The lowest BCUT2D eigenvalue weighted by Gasteiger charge is -2.38. The first-order valence-corrected chi connectivity index (χ1v) is 5.45. The van der Waals surface area contributed by atoms with E-state index in [0.29, 0.717) is 18.3 Å². The number of esters is 1. The third kappa shape index (κ3) is 0.976. The maximum absolute atomic E-state index is 11.3. The van der Waals surface area contributed by atoms with Crippen molar-refractivity contribution in [2.45, 2.75) is 38.7 Å². The molecule has 2 nitrogen and oxygen atoms in total. The van der Waals surface area contributed by atoms with Gasteiger partial charge in [-0.25, -0.2) is 0 Å². The highest BCUT2D eigenvalue weighted by Gasteiger charge is 2.53. The number of cyclic esters (lactones) is 1. The Labute approximate surface area is 78.6 Å². The van der Waals surface area contributed by atoms with Gasteiger partial charge in [0.05, 0.1) is 0 Å². The van der Waals surface area contributed by atoms with E-state index < -0.39 is 0 Å². The highest BCUT2D eigenvalue weighted by atomic mass is 16.5. The first-order chi connectivity index (χ1) is 6.25. The Morgan fingerprint density at radius 1 is 1.31 bits per heavy atom. The molecule has 1 aliphatic heterocycles. The van der Waals surface area contributed by atoms with Crippen molar-refractivity contribution in [3.8, 4) is 0 Å². The van der Waals surface area contributed by atoms with Gasteiger partial charge in [-0.3, -0.25) is 4.79 Å². The van der Waals surface area contributed by atoms with E-state index in [1.165, 1.54) is 19.3 Å². The van der Waals surface area contributed by atoms with E-state index in [9.17, 15) is 4.79 Å². The molecule has 1 saturated heterocycles. The molecule has 0 N–H and O–H groups in total. The second kappa shape index (κ2) is 2.49. The van der Waals surface area contributed by atoms with Gasteiger partial charge in [-0.15, -0.1) is 0 Å². The Bertz CT molecular complexity index is 248. The molecule has 1 heterocycles. The maximum atomic E-state index is 11.3. The molecule has 3 rings (SSSR count). The zero-order valence-corrected chi connectivity index (χ0v) is 8.03. The van der Waals surface area contributed by atoms with E-state index in [1.54, 1.807) is 0 Å². The average Bonchev–Trinajstić information content (AvgIpc) is 2.62. The van der Waals surface area contributed by atoms with Crippen LogP contribution < -0.4 is 0 Å². The van der Waals surface area contributed by atoms with E-state index in [-0.39, 0.29) is 12.1 Å². The molecule has 0 aromatic rings. The standard InChI is InChI=1S/C11H16O2/c1-6-11-8-3-2-7(4-8)9(11)5-10(12)13-6/h6-9,11H,2-5H2,1H3/t6-,7?,8?,9?,11?/m0/s1. The van der Waals surface area contributed by atoms with Crippen LogP contribution in [0.25, 0.3) is 0 Å². The highest BCUT2D eigenvalue weighted by molar-refractivity contribution is 5.71. The normalized spacial score (nSPS) is 53.3. The first-order valence-electron chi connectivity index (χ1n) is 5.45. The summed E-state index contributed by atoms with van der Waals surface area (Å²) in [4.78, 5) is 11.3. The van der Waals surface area contributed by atoms with Crippen molar-refractivity contribution in [1.82, 2.24) is 0 Å². The average molecular weight is 180 g/mol. The number of hydrogen-bond donors (Lipinski definition) is 0. The quantitative estimate of drug-likeness (QED) is 0.533. The number of carbonyl (C=O) groups excluding carboxylic acids is 1. The van der Waals surface area contributed by atoms with E-state index >= 15 is 0 Å². The van der Waals surface area contributed by atoms with E-state index in [1.807, 2.05) is 0 Å². The lowest BCUT2D eigenvalue weighted by Crippen LogP contribution is -2.40. The van der Waals surface area contributed by atoms with Gasteiger partial charge in [-0.2, -0.15) is 0 Å². The Hall–Kier alpha value is -0.530. The van der Waals surface area contributed by atoms with Crippen LogP contribution in [0.1, 0.15) is 32.6 Å². The van der Waals surface area contributed by atoms with Gasteiger partial charge < -0.3 is 4.74 Å². The second-order valence-electron chi connectivity index (χ2n) is 4.97. The van der Waals surface area contributed by atoms with Crippen LogP contribution in [0.15, 0.2) is 0 Å². The molecule has 3 aliphatic rings. The first kappa shape index (κ1) is 7.84. The summed E-state index contributed by atoms with van der Waals surface area (Å²) in [5.41, 5.74) is 0. The summed E-state index contributed by atoms with van der Waals surface area (Å²) in [6, 6.07) is 0. The monoisotopic (exact) mass is 180 g/mol. The van der Waals surface area contributed by atoms with Gasteiger partial charge in [0.1, 0.15) is 6.10 Å². The molecular weight excluding hydrogens is 164 g/mol. The van der Waals surface area contributed by atoms with Gasteiger partial charge >= 0.3 is 5.97 Å². The number of fused-ring (bicyclic) bond motifs is 5. The van der Waals surface area contributed by atoms with Crippen LogP contribution in [0, 0.1) is 23.7 Å². The molecule has 0 aromatic heterocycles. The van der Waals surface area contributed by atoms with Crippen LogP contribution >= 0.6 is 0 Å². The number of ether oxygens (including phenoxy) is 1. The molecule has 2 bridgehead atoms. The molecule has 2 heteroatoms. The summed E-state index contributed by atoms with van der Waals surface area (Å²) < 4.78 is 5.31. The smallest absolute Gasteiger partial charge is 0.306 e. The van der Waals surface area contributed by atoms with Gasteiger partial charge in [-0.05, 0) is 43.9 Å². The minimum atomic E-state index is 0.0429. The third-order valence-electron chi connectivity index (χ3n) is 4.42. The van der Waals surface area contributed by atoms with Crippen LogP contribution in [0.5, 0.6) is 0 Å². The van der Waals surface area contributed by atoms with Crippen LogP contribution in [0.2, 0.25) is 0 Å². The molecule has 2 saturated carbocycles. The Kier molecular flexibility index (Phi) is 1.50. The molecule has 5 atom stereocenters. The molecule has 3 fully saturated rings. The zero-order valence-electron chi connectivity index (χ0n) is 8.03. The van der Waals surface area contributed by atoms with Crippen LogP contribution in [-0.2, 0) is 9.53 Å². The molecule has 0 spiro atoms. The molecule has 13 heavy (non-hydrogen) atoms. The van der Waals surface area contributed by atoms with Crippen molar-refractivity contribution in [3.63, 3.8) is 0 Å². The van der Waals surface area contributed by atoms with Gasteiger partial charge in [-0.1, -0.05) is 0 Å². The number of rotatable bonds is 0. The molecule has 0 amide bonds. The lowest BCUT2D eigenvalue weighted by molar-refractivity contribution is -0.164. The summed E-state index contributed by atoms with van der Waals surface area (Å²) in [5, 5.41) is 0. The highest BCUT2D eigenvalue weighted by Crippen LogP contribution is 2.56. The number of hydrogen-bond acceptors (Lipinski definition) is 2. The van der Waals surface area contributed by atoms with Crippen molar-refractivity contribution >= 4 is 5.97 Å². The second-order valence-corrected chi connectivity index (χ2v) is 4.97. The fourth-order valence-corrected chi connectivity index (χ4v) is 4.02. The third-order valence-corrected chi connectivity index (χ3v) is 4.42. The van der Waals surface area contributed by atoms with Gasteiger partial charge in [0.25, 0.3) is 0 Å². The van der Waals surface area contributed by atoms with Gasteiger partial charge in [0, 0.05) is 12.3 Å². The van der Waals surface area contributed by atoms with Gasteiger partial charge in [0.15, 0.2) is 0 Å². The number of carbonyl (C=O) groups is 1. The zero-order chi connectivity index (χ0) is 9.00. The lowest BCUT2D eigenvalue weighted by atomic mass is 9.74. The van der Waals surface area contributed by atoms with Crippen LogP contribution in [0.4, 0.5) is 0 Å². The molecule has 0 aromatic carbocycles. The maximum Gasteiger partial charge on any atom is 0.306 e. The minimum absolute atomic E-state index is 0.0429. The largest absolute Gasteiger partial charge is 0.462 e. The Balaban J connectivity index is 1.89. The summed E-state index contributed by atoms with van der Waals surface area (Å²) in [5.74, 6) is 3.15. The van der Waals surface area contributed by atoms with Gasteiger partial charge in [0.2, 0.25) is 0 Å². The summed E-state index contributed by atoms with van der Waals surface area (Å²) >= 11 is 0. The SMILES string of the molecule is C[C@@H]1OC(=O)CC2C3CCC(C3)C21. The summed E-state index contributed by atoms with van der Waals surface area (Å²) in [6.07, 6.45) is 5.02. The fourth-order valence-electron chi connectivity index (χ4n) is 4.02. The summed E-state index contributed by atoms with van der Waals surface area (Å²) in [7, 11) is 0. The van der Waals surface area contributed by atoms with E-state index in [0.717, 1.165) is 11.8 Å². The Morgan fingerprint density at radius 2 is 2.08 bits per heavy atom. The fraction of sp³-hybridized carbons (Fsp3) is 0.909. The predicted octanol–water partition coefficient (Wildman–Crippen LogP) is 1.98. The summed E-state index contributed by atoms with van der Waals surface area (Å²) in [6.45, 7) is 2.08.